The average molecular weight is 719 g/mol. The molecule has 0 aromatic heterocycles. The minimum absolute atomic E-state index is 0.0426. The van der Waals surface area contributed by atoms with E-state index >= 15 is 0 Å². The van der Waals surface area contributed by atoms with Crippen LogP contribution in [0.3, 0.4) is 0 Å². The Morgan fingerprint density at radius 3 is 2.31 bits per heavy atom. The topological polar surface area (TPSA) is 202 Å². The van der Waals surface area contributed by atoms with Crippen LogP contribution in [0, 0.1) is 46.3 Å². The summed E-state index contributed by atoms with van der Waals surface area (Å²) < 4.78 is 62.5. The third-order valence-electron chi connectivity index (χ3n) is 13.1. The zero-order valence-corrected chi connectivity index (χ0v) is 30.5. The molecule has 1 heterocycles. The molecule has 16 unspecified atom stereocenters. The first-order valence-corrected chi connectivity index (χ1v) is 19.0. The van der Waals surface area contributed by atoms with Crippen molar-refractivity contribution in [3.05, 3.63) is 23.8 Å². The first-order chi connectivity index (χ1) is 22.9. The van der Waals surface area contributed by atoms with Crippen LogP contribution >= 0.6 is 0 Å². The Bertz CT molecular complexity index is 1340. The number of rotatable bonds is 11. The molecule has 3 saturated carbocycles. The number of hydrogen-bond donors (Lipinski definition) is 6. The molecule has 0 spiro atoms. The van der Waals surface area contributed by atoms with Gasteiger partial charge in [0, 0.05) is 39.1 Å². The highest BCUT2D eigenvalue weighted by Gasteiger charge is 2.73. The molecule has 282 valence electrons. The molecule has 0 amide bonds. The summed E-state index contributed by atoms with van der Waals surface area (Å²) in [5.74, 6) is -2.15. The molecule has 0 aromatic carbocycles. The van der Waals surface area contributed by atoms with Crippen molar-refractivity contribution in [3.8, 4) is 0 Å². The SMILES string of the molecule is COC1COC(OC2C=C3C(O)CC4(O)C(CCC5(C)C(C(C)C=CC(CO)C(C)C)C(O)C(OS(=O)(=O)O)C54)C3(C)CC2)C(OC)C1O. The van der Waals surface area contributed by atoms with Crippen molar-refractivity contribution in [1.29, 1.82) is 0 Å². The number of methoxy groups -OCH3 is 2. The second-order valence-electron chi connectivity index (χ2n) is 16.0. The lowest BCUT2D eigenvalue weighted by Gasteiger charge is -2.64. The summed E-state index contributed by atoms with van der Waals surface area (Å²) in [4.78, 5) is 0. The van der Waals surface area contributed by atoms with Gasteiger partial charge in [0.05, 0.1) is 30.5 Å². The van der Waals surface area contributed by atoms with Gasteiger partial charge >= 0.3 is 10.4 Å². The Balaban J connectivity index is 1.46. The van der Waals surface area contributed by atoms with E-state index in [2.05, 4.69) is 0 Å². The second kappa shape index (κ2) is 14.4. The van der Waals surface area contributed by atoms with Gasteiger partial charge in [-0.2, -0.15) is 8.42 Å². The molecule has 1 aliphatic heterocycles. The highest BCUT2D eigenvalue weighted by Crippen LogP contribution is 2.69. The monoisotopic (exact) mass is 718 g/mol. The number of fused-ring (bicyclic) bond motifs is 5. The van der Waals surface area contributed by atoms with Crippen molar-refractivity contribution in [2.45, 2.75) is 121 Å². The van der Waals surface area contributed by atoms with E-state index in [1.165, 1.54) is 14.2 Å². The fourth-order valence-corrected chi connectivity index (χ4v) is 11.2. The molecule has 6 N–H and O–H groups in total. The summed E-state index contributed by atoms with van der Waals surface area (Å²) in [6.45, 7) is 9.95. The van der Waals surface area contributed by atoms with Crippen molar-refractivity contribution in [1.82, 2.24) is 0 Å². The Morgan fingerprint density at radius 1 is 1.02 bits per heavy atom. The lowest BCUT2D eigenvalue weighted by Crippen LogP contribution is -2.66. The summed E-state index contributed by atoms with van der Waals surface area (Å²) in [6.07, 6.45) is 0.135. The number of aliphatic hydroxyl groups is 5. The lowest BCUT2D eigenvalue weighted by atomic mass is 9.43. The van der Waals surface area contributed by atoms with Crippen molar-refractivity contribution < 1.29 is 61.6 Å². The number of aliphatic hydroxyl groups excluding tert-OH is 4. The highest BCUT2D eigenvalue weighted by atomic mass is 32.3. The van der Waals surface area contributed by atoms with E-state index in [4.69, 9.17) is 23.1 Å². The van der Waals surface area contributed by atoms with Gasteiger partial charge in [-0.25, -0.2) is 4.18 Å². The first-order valence-electron chi connectivity index (χ1n) is 17.6. The minimum Gasteiger partial charge on any atom is -0.396 e. The predicted octanol–water partition coefficient (Wildman–Crippen LogP) is 2.01. The lowest BCUT2D eigenvalue weighted by molar-refractivity contribution is -0.288. The zero-order chi connectivity index (χ0) is 36.3. The van der Waals surface area contributed by atoms with Crippen molar-refractivity contribution in [2.75, 3.05) is 27.4 Å². The molecule has 4 fully saturated rings. The summed E-state index contributed by atoms with van der Waals surface area (Å²) in [5, 5.41) is 57.1. The van der Waals surface area contributed by atoms with Gasteiger partial charge in [-0.15, -0.1) is 0 Å². The van der Waals surface area contributed by atoms with E-state index < -0.39 is 93.6 Å². The molecule has 0 radical (unpaired) electrons. The van der Waals surface area contributed by atoms with Crippen molar-refractivity contribution >= 4 is 10.4 Å². The van der Waals surface area contributed by atoms with Gasteiger partial charge in [0.1, 0.15) is 24.4 Å². The van der Waals surface area contributed by atoms with Gasteiger partial charge in [-0.3, -0.25) is 4.55 Å². The fraction of sp³-hybridized carbons (Fsp3) is 0.886. The molecule has 0 aromatic rings. The van der Waals surface area contributed by atoms with Crippen LogP contribution in [0.15, 0.2) is 23.8 Å². The summed E-state index contributed by atoms with van der Waals surface area (Å²) in [5.41, 5.74) is -2.48. The van der Waals surface area contributed by atoms with Gasteiger partial charge < -0.3 is 44.5 Å². The van der Waals surface area contributed by atoms with Crippen LogP contribution in [0.25, 0.3) is 0 Å². The Labute approximate surface area is 290 Å². The number of allylic oxidation sites excluding steroid dienone is 1. The van der Waals surface area contributed by atoms with Gasteiger partial charge in [0.2, 0.25) is 0 Å². The second-order valence-corrected chi connectivity index (χ2v) is 17.1. The first kappa shape index (κ1) is 39.2. The molecule has 49 heavy (non-hydrogen) atoms. The van der Waals surface area contributed by atoms with E-state index in [0.29, 0.717) is 31.3 Å². The molecule has 14 heteroatoms. The van der Waals surface area contributed by atoms with Gasteiger partial charge in [-0.1, -0.05) is 52.8 Å². The van der Waals surface area contributed by atoms with E-state index in [1.807, 2.05) is 52.8 Å². The maximum absolute atomic E-state index is 12.9. The predicted molar refractivity (Wildman–Crippen MR) is 177 cm³/mol. The van der Waals surface area contributed by atoms with E-state index in [0.717, 1.165) is 0 Å². The molecule has 13 nitrogen and oxygen atoms in total. The molecular formula is C35H58O13S. The van der Waals surface area contributed by atoms with Crippen LogP contribution in [0.4, 0.5) is 0 Å². The third kappa shape index (κ3) is 6.95. The van der Waals surface area contributed by atoms with Crippen LogP contribution in [0.5, 0.6) is 0 Å². The Kier molecular flexibility index (Phi) is 11.5. The summed E-state index contributed by atoms with van der Waals surface area (Å²) in [6, 6.07) is 0. The molecule has 4 aliphatic carbocycles. The smallest absolute Gasteiger partial charge is 0.396 e. The van der Waals surface area contributed by atoms with E-state index in [-0.39, 0.29) is 37.4 Å². The largest absolute Gasteiger partial charge is 0.397 e. The van der Waals surface area contributed by atoms with Crippen LogP contribution in [0.2, 0.25) is 0 Å². The maximum atomic E-state index is 12.9. The minimum atomic E-state index is -5.02. The Hall–Kier alpha value is -1.01. The number of ether oxygens (including phenoxy) is 4. The maximum Gasteiger partial charge on any atom is 0.397 e. The van der Waals surface area contributed by atoms with Crippen LogP contribution < -0.4 is 0 Å². The number of hydrogen-bond acceptors (Lipinski definition) is 12. The van der Waals surface area contributed by atoms with Crippen molar-refractivity contribution in [2.24, 2.45) is 46.3 Å². The zero-order valence-electron chi connectivity index (χ0n) is 29.7. The standard InChI is InChI=1S/C35H58O13S/c1-18(2)20(16-36)9-8-19(3)26-28(39)29(48-49(41,42)43)31-34(26,5)13-11-25-33(4)12-10-21(14-22(33)23(37)15-35(25,31)40)47-32-30(45-7)27(38)24(44-6)17-46-32/h8-9,14,18-21,23-32,36-40H,10-13,15-17H2,1-7H3,(H,41,42,43). The fourth-order valence-electron chi connectivity index (χ4n) is 10.7. The molecule has 1 saturated heterocycles. The molecule has 0 bridgehead atoms. The normalized spacial score (nSPS) is 47.0. The van der Waals surface area contributed by atoms with Gasteiger partial charge in [0.25, 0.3) is 0 Å². The molecule has 5 aliphatic rings. The summed E-state index contributed by atoms with van der Waals surface area (Å²) in [7, 11) is -2.08. The van der Waals surface area contributed by atoms with Gasteiger partial charge in [0.15, 0.2) is 6.29 Å². The summed E-state index contributed by atoms with van der Waals surface area (Å²) >= 11 is 0. The quantitative estimate of drug-likeness (QED) is 0.134. The van der Waals surface area contributed by atoms with Crippen LogP contribution in [0.1, 0.15) is 66.7 Å². The Morgan fingerprint density at radius 2 is 1.71 bits per heavy atom. The third-order valence-corrected chi connectivity index (χ3v) is 13.5. The van der Waals surface area contributed by atoms with Gasteiger partial charge in [-0.05, 0) is 65.8 Å². The molecule has 5 rings (SSSR count). The highest BCUT2D eigenvalue weighted by molar-refractivity contribution is 7.80. The van der Waals surface area contributed by atoms with Crippen LogP contribution in [-0.4, -0.2) is 121 Å². The molecule has 16 atom stereocenters. The van der Waals surface area contributed by atoms with E-state index in [9.17, 15) is 38.5 Å². The van der Waals surface area contributed by atoms with Crippen LogP contribution in [-0.2, 0) is 33.5 Å². The van der Waals surface area contributed by atoms with E-state index in [1.54, 1.807) is 0 Å². The average Bonchev–Trinajstić information content (AvgIpc) is 3.23. The van der Waals surface area contributed by atoms with Crippen molar-refractivity contribution in [3.63, 3.8) is 0 Å². The molecular weight excluding hydrogens is 660 g/mol.